The molecule has 3 aromatic carbocycles. The van der Waals surface area contributed by atoms with E-state index in [9.17, 15) is 4.79 Å². The van der Waals surface area contributed by atoms with Gasteiger partial charge in [-0.25, -0.2) is 4.98 Å². The van der Waals surface area contributed by atoms with Crippen molar-refractivity contribution in [1.82, 2.24) is 24.6 Å². The number of nitrogens with zero attached hydrogens (tertiary/aromatic N) is 5. The molecule has 1 amide bonds. The van der Waals surface area contributed by atoms with E-state index in [0.717, 1.165) is 47.0 Å². The zero-order valence-corrected chi connectivity index (χ0v) is 20.6. The molecular formula is C27H23N5OS2. The number of hydrogen-bond acceptors (Lipinski definition) is 6. The van der Waals surface area contributed by atoms with Crippen molar-refractivity contribution in [3.8, 4) is 17.1 Å². The van der Waals surface area contributed by atoms with Crippen molar-refractivity contribution < 1.29 is 4.79 Å². The van der Waals surface area contributed by atoms with Gasteiger partial charge in [-0.3, -0.25) is 9.36 Å². The lowest BCUT2D eigenvalue weighted by Gasteiger charge is -2.23. The quantitative estimate of drug-likeness (QED) is 0.269. The maximum absolute atomic E-state index is 13.4. The van der Waals surface area contributed by atoms with Crippen molar-refractivity contribution in [3.05, 3.63) is 89.9 Å². The Morgan fingerprint density at radius 2 is 1.69 bits per heavy atom. The number of fused-ring (bicyclic) bond motifs is 1. The number of benzene rings is 3. The minimum absolute atomic E-state index is 0.0485. The average Bonchev–Trinajstić information content (AvgIpc) is 3.66. The summed E-state index contributed by atoms with van der Waals surface area (Å²) in [5.74, 6) is 1.18. The van der Waals surface area contributed by atoms with Crippen LogP contribution in [0, 0.1) is 0 Å². The molecule has 1 aliphatic heterocycles. The fraction of sp³-hybridized carbons (Fsp3) is 0.185. The Morgan fingerprint density at radius 1 is 0.943 bits per heavy atom. The first-order valence-corrected chi connectivity index (χ1v) is 13.4. The molecule has 0 bridgehead atoms. The number of hydrogen-bond donors (Lipinski definition) is 0. The van der Waals surface area contributed by atoms with Crippen LogP contribution in [0.15, 0.2) is 90.1 Å². The zero-order chi connectivity index (χ0) is 23.6. The molecule has 8 heteroatoms. The molecule has 1 fully saturated rings. The summed E-state index contributed by atoms with van der Waals surface area (Å²) >= 11 is 3.13. The predicted octanol–water partition coefficient (Wildman–Crippen LogP) is 6.00. The molecule has 1 unspecified atom stereocenters. The van der Waals surface area contributed by atoms with Crippen molar-refractivity contribution >= 4 is 39.2 Å². The molecule has 0 N–H and O–H groups in total. The highest BCUT2D eigenvalue weighted by Crippen LogP contribution is 2.37. The molecule has 3 heterocycles. The molecule has 174 valence electrons. The van der Waals surface area contributed by atoms with E-state index in [1.807, 2.05) is 88.3 Å². The summed E-state index contributed by atoms with van der Waals surface area (Å²) in [6.45, 7) is 0.765. The van der Waals surface area contributed by atoms with E-state index >= 15 is 0 Å². The third-order valence-electron chi connectivity index (χ3n) is 6.17. The van der Waals surface area contributed by atoms with E-state index in [4.69, 9.17) is 4.98 Å². The van der Waals surface area contributed by atoms with Crippen LogP contribution in [0.5, 0.6) is 0 Å². The van der Waals surface area contributed by atoms with Crippen molar-refractivity contribution in [3.63, 3.8) is 0 Å². The summed E-state index contributed by atoms with van der Waals surface area (Å²) < 4.78 is 3.20. The van der Waals surface area contributed by atoms with Gasteiger partial charge in [-0.2, -0.15) is 0 Å². The maximum atomic E-state index is 13.4. The minimum atomic E-state index is 0.0485. The largest absolute Gasteiger partial charge is 0.332 e. The van der Waals surface area contributed by atoms with Crippen LogP contribution >= 0.6 is 23.1 Å². The highest BCUT2D eigenvalue weighted by Gasteiger charge is 2.32. The van der Waals surface area contributed by atoms with E-state index in [-0.39, 0.29) is 11.9 Å². The van der Waals surface area contributed by atoms with Gasteiger partial charge in [0.05, 0.1) is 22.0 Å². The van der Waals surface area contributed by atoms with Gasteiger partial charge < -0.3 is 4.90 Å². The second-order valence-electron chi connectivity index (χ2n) is 8.40. The van der Waals surface area contributed by atoms with Crippen LogP contribution < -0.4 is 0 Å². The number of carbonyl (C=O) groups excluding carboxylic acids is 1. The predicted molar refractivity (Wildman–Crippen MR) is 141 cm³/mol. The number of thioether (sulfide) groups is 1. The lowest BCUT2D eigenvalue weighted by Crippen LogP contribution is -2.32. The topological polar surface area (TPSA) is 63.9 Å². The summed E-state index contributed by atoms with van der Waals surface area (Å²) in [6.07, 6.45) is 1.95. The molecular weight excluding hydrogens is 474 g/mol. The fourth-order valence-corrected chi connectivity index (χ4v) is 6.46. The monoisotopic (exact) mass is 497 g/mol. The van der Waals surface area contributed by atoms with E-state index in [2.05, 4.69) is 16.3 Å². The number of carbonyl (C=O) groups is 1. The smallest absolute Gasteiger partial charge is 0.233 e. The summed E-state index contributed by atoms with van der Waals surface area (Å²) in [4.78, 5) is 20.2. The standard InChI is InChI=1S/C27H23N5OS2/c33-24(31-17-9-15-22(31)26-28-21-14-7-8-16-23(21)35-26)18-34-27-30-29-25(19-10-3-1-4-11-19)32(27)20-12-5-2-6-13-20/h1-8,10-14,16,22H,9,15,17-18H2. The Morgan fingerprint density at radius 3 is 2.49 bits per heavy atom. The lowest BCUT2D eigenvalue weighted by molar-refractivity contribution is -0.129. The summed E-state index contributed by atoms with van der Waals surface area (Å²) in [5.41, 5.74) is 2.96. The minimum Gasteiger partial charge on any atom is -0.332 e. The first kappa shape index (κ1) is 22.0. The van der Waals surface area contributed by atoms with Crippen LogP contribution in [0.4, 0.5) is 0 Å². The highest BCUT2D eigenvalue weighted by atomic mass is 32.2. The van der Waals surface area contributed by atoms with Crippen LogP contribution in [0.2, 0.25) is 0 Å². The van der Waals surface area contributed by atoms with E-state index in [1.54, 1.807) is 11.3 Å². The number of aromatic nitrogens is 4. The molecule has 0 spiro atoms. The van der Waals surface area contributed by atoms with Crippen molar-refractivity contribution in [1.29, 1.82) is 0 Å². The van der Waals surface area contributed by atoms with Crippen LogP contribution in [0.3, 0.4) is 0 Å². The normalized spacial score (nSPS) is 15.7. The number of para-hydroxylation sites is 2. The number of likely N-dealkylation sites (tertiary alicyclic amines) is 1. The molecule has 0 saturated carbocycles. The Labute approximate surface area is 211 Å². The van der Waals surface area contributed by atoms with Gasteiger partial charge in [-0.05, 0) is 37.1 Å². The molecule has 1 atom stereocenters. The third kappa shape index (κ3) is 4.35. The van der Waals surface area contributed by atoms with Crippen LogP contribution in [-0.4, -0.2) is 42.9 Å². The Hall–Kier alpha value is -3.49. The van der Waals surface area contributed by atoms with E-state index in [1.165, 1.54) is 16.5 Å². The van der Waals surface area contributed by atoms with Gasteiger partial charge in [0, 0.05) is 17.8 Å². The van der Waals surface area contributed by atoms with Gasteiger partial charge in [-0.15, -0.1) is 21.5 Å². The molecule has 5 aromatic rings. The summed E-state index contributed by atoms with van der Waals surface area (Å²) in [5, 5.41) is 10.7. The number of amides is 1. The van der Waals surface area contributed by atoms with Crippen molar-refractivity contribution in [2.75, 3.05) is 12.3 Å². The second-order valence-corrected chi connectivity index (χ2v) is 10.4. The van der Waals surface area contributed by atoms with Crippen molar-refractivity contribution in [2.24, 2.45) is 0 Å². The summed E-state index contributed by atoms with van der Waals surface area (Å²) in [6, 6.07) is 28.3. The van der Waals surface area contributed by atoms with Gasteiger partial charge >= 0.3 is 0 Å². The zero-order valence-electron chi connectivity index (χ0n) is 18.9. The van der Waals surface area contributed by atoms with E-state index < -0.39 is 0 Å². The van der Waals surface area contributed by atoms with Crippen LogP contribution in [0.25, 0.3) is 27.3 Å². The maximum Gasteiger partial charge on any atom is 0.233 e. The first-order chi connectivity index (χ1) is 17.3. The molecule has 1 aliphatic rings. The van der Waals surface area contributed by atoms with Gasteiger partial charge in [0.1, 0.15) is 5.01 Å². The molecule has 2 aromatic heterocycles. The van der Waals surface area contributed by atoms with Crippen molar-refractivity contribution in [2.45, 2.75) is 24.0 Å². The summed E-state index contributed by atoms with van der Waals surface area (Å²) in [7, 11) is 0. The fourth-order valence-electron chi connectivity index (χ4n) is 4.51. The Kier molecular flexibility index (Phi) is 6.06. The number of thiazole rings is 1. The lowest BCUT2D eigenvalue weighted by atomic mass is 10.2. The van der Waals surface area contributed by atoms with Gasteiger partial charge in [0.15, 0.2) is 11.0 Å². The SMILES string of the molecule is O=C(CSc1nnc(-c2ccccc2)n1-c1ccccc1)N1CCCC1c1nc2ccccc2s1. The molecule has 0 radical (unpaired) electrons. The Balaban J connectivity index is 1.25. The van der Waals surface area contributed by atoms with E-state index in [0.29, 0.717) is 10.9 Å². The second kappa shape index (κ2) is 9.64. The first-order valence-electron chi connectivity index (χ1n) is 11.6. The number of rotatable bonds is 6. The van der Waals surface area contributed by atoms with Gasteiger partial charge in [0.2, 0.25) is 5.91 Å². The highest BCUT2D eigenvalue weighted by molar-refractivity contribution is 7.99. The molecule has 35 heavy (non-hydrogen) atoms. The van der Waals surface area contributed by atoms with Crippen LogP contribution in [0.1, 0.15) is 23.9 Å². The third-order valence-corrected chi connectivity index (χ3v) is 8.22. The molecule has 6 rings (SSSR count). The van der Waals surface area contributed by atoms with Crippen LogP contribution in [-0.2, 0) is 4.79 Å². The van der Waals surface area contributed by atoms with Gasteiger partial charge in [0.25, 0.3) is 0 Å². The molecule has 6 nitrogen and oxygen atoms in total. The average molecular weight is 498 g/mol. The molecule has 0 aliphatic carbocycles. The van der Waals surface area contributed by atoms with Gasteiger partial charge in [-0.1, -0.05) is 72.4 Å². The molecule has 1 saturated heterocycles. The Bertz CT molecular complexity index is 1430.